The Morgan fingerprint density at radius 3 is 2.55 bits per heavy atom. The number of rotatable bonds is 1. The summed E-state index contributed by atoms with van der Waals surface area (Å²) in [5.74, 6) is 0. The van der Waals surface area contributed by atoms with E-state index in [1.54, 1.807) is 13.0 Å². The van der Waals surface area contributed by atoms with Crippen LogP contribution >= 0.6 is 0 Å². The van der Waals surface area contributed by atoms with Crippen LogP contribution in [0.25, 0.3) is 0 Å². The predicted octanol–water partition coefficient (Wildman–Crippen LogP) is 1.49. The predicted molar refractivity (Wildman–Crippen MR) is 42.2 cm³/mol. The Bertz CT molecular complexity index is 276. The third kappa shape index (κ3) is 1.67. The summed E-state index contributed by atoms with van der Waals surface area (Å²) in [5, 5.41) is 10.3. The molecule has 4 nitrogen and oxygen atoms in total. The fourth-order valence-electron chi connectivity index (χ4n) is 0.897. The third-order valence-electron chi connectivity index (χ3n) is 1.30. The van der Waals surface area contributed by atoms with Gasteiger partial charge in [0.2, 0.25) is 0 Å². The summed E-state index contributed by atoms with van der Waals surface area (Å²) in [6.45, 7) is 1.77. The second-order valence-electron chi connectivity index (χ2n) is 2.36. The van der Waals surface area contributed by atoms with Gasteiger partial charge in [-0.15, -0.1) is 0 Å². The molecule has 2 N–H and O–H groups in total. The molecule has 0 spiro atoms. The van der Waals surface area contributed by atoms with Crippen molar-refractivity contribution in [3.63, 3.8) is 0 Å². The van der Waals surface area contributed by atoms with Gasteiger partial charge in [0.25, 0.3) is 5.69 Å². The minimum atomic E-state index is -0.455. The van der Waals surface area contributed by atoms with Crippen molar-refractivity contribution in [1.29, 1.82) is 0 Å². The van der Waals surface area contributed by atoms with Crippen LogP contribution < -0.4 is 5.73 Å². The standard InChI is InChI=1S/C7H8N2O2/c1-5-2-6(8)4-7(3-5)9(10)11/h2-4H,8H2,1H3. The number of nitro groups is 1. The molecule has 0 unspecified atom stereocenters. The van der Waals surface area contributed by atoms with Crippen molar-refractivity contribution in [2.45, 2.75) is 6.92 Å². The van der Waals surface area contributed by atoms with Gasteiger partial charge in [-0.2, -0.15) is 0 Å². The van der Waals surface area contributed by atoms with Gasteiger partial charge in [0.15, 0.2) is 0 Å². The topological polar surface area (TPSA) is 69.2 Å². The highest BCUT2D eigenvalue weighted by molar-refractivity contribution is 5.50. The van der Waals surface area contributed by atoms with Crippen molar-refractivity contribution in [2.24, 2.45) is 0 Å². The Hall–Kier alpha value is -1.58. The summed E-state index contributed by atoms with van der Waals surface area (Å²) in [4.78, 5) is 9.80. The first-order valence-electron chi connectivity index (χ1n) is 3.11. The van der Waals surface area contributed by atoms with E-state index in [1.807, 2.05) is 0 Å². The zero-order valence-corrected chi connectivity index (χ0v) is 6.07. The van der Waals surface area contributed by atoms with Gasteiger partial charge in [-0.3, -0.25) is 10.1 Å². The second-order valence-corrected chi connectivity index (χ2v) is 2.36. The van der Waals surface area contributed by atoms with Crippen LogP contribution in [-0.4, -0.2) is 4.92 Å². The Morgan fingerprint density at radius 2 is 2.09 bits per heavy atom. The maximum atomic E-state index is 10.3. The lowest BCUT2D eigenvalue weighted by Gasteiger charge is -1.95. The number of aryl methyl sites for hydroxylation is 1. The average Bonchev–Trinajstić information content (AvgIpc) is 1.85. The molecule has 1 aromatic carbocycles. The second kappa shape index (κ2) is 2.57. The number of nitrogen functional groups attached to an aromatic ring is 1. The van der Waals surface area contributed by atoms with E-state index in [9.17, 15) is 10.1 Å². The molecule has 58 valence electrons. The number of nitro benzene ring substituents is 1. The molecule has 0 atom stereocenters. The molecular formula is C7H8N2O2. The molecular weight excluding hydrogens is 144 g/mol. The molecule has 1 rings (SSSR count). The highest BCUT2D eigenvalue weighted by Crippen LogP contribution is 2.17. The molecule has 0 saturated carbocycles. The smallest absolute Gasteiger partial charge is 0.271 e. The number of hydrogen-bond donors (Lipinski definition) is 1. The van der Waals surface area contributed by atoms with Crippen LogP contribution in [0, 0.1) is 17.0 Å². The number of benzene rings is 1. The van der Waals surface area contributed by atoms with Gasteiger partial charge in [-0.05, 0) is 18.6 Å². The summed E-state index contributed by atoms with van der Waals surface area (Å²) in [5.41, 5.74) is 6.67. The number of anilines is 1. The number of non-ortho nitro benzene ring substituents is 1. The van der Waals surface area contributed by atoms with E-state index < -0.39 is 4.92 Å². The molecule has 0 aliphatic carbocycles. The largest absolute Gasteiger partial charge is 0.399 e. The van der Waals surface area contributed by atoms with Crippen molar-refractivity contribution >= 4 is 11.4 Å². The zero-order valence-electron chi connectivity index (χ0n) is 6.07. The number of nitrogens with two attached hydrogens (primary N) is 1. The summed E-state index contributed by atoms with van der Waals surface area (Å²) in [6.07, 6.45) is 0. The maximum absolute atomic E-state index is 10.3. The van der Waals surface area contributed by atoms with E-state index in [1.165, 1.54) is 12.1 Å². The van der Waals surface area contributed by atoms with E-state index in [-0.39, 0.29) is 5.69 Å². The molecule has 4 heteroatoms. The third-order valence-corrected chi connectivity index (χ3v) is 1.30. The van der Waals surface area contributed by atoms with Crippen LogP contribution in [0.4, 0.5) is 11.4 Å². The highest BCUT2D eigenvalue weighted by Gasteiger charge is 2.05. The van der Waals surface area contributed by atoms with Crippen LogP contribution in [0.15, 0.2) is 18.2 Å². The van der Waals surface area contributed by atoms with Crippen molar-refractivity contribution < 1.29 is 4.92 Å². The van der Waals surface area contributed by atoms with Gasteiger partial charge in [0.1, 0.15) is 0 Å². The number of hydrogen-bond acceptors (Lipinski definition) is 3. The molecule has 1 aromatic rings. The molecule has 0 heterocycles. The van der Waals surface area contributed by atoms with Crippen LogP contribution in [0.2, 0.25) is 0 Å². The first kappa shape index (κ1) is 7.53. The Balaban J connectivity index is 3.19. The molecule has 0 aliphatic rings. The molecule has 0 fully saturated rings. The van der Waals surface area contributed by atoms with Gasteiger partial charge in [-0.1, -0.05) is 0 Å². The van der Waals surface area contributed by atoms with Gasteiger partial charge in [-0.25, -0.2) is 0 Å². The summed E-state index contributed by atoms with van der Waals surface area (Å²) >= 11 is 0. The van der Waals surface area contributed by atoms with Crippen LogP contribution in [0.1, 0.15) is 5.56 Å². The fourth-order valence-corrected chi connectivity index (χ4v) is 0.897. The summed E-state index contributed by atoms with van der Waals surface area (Å²) < 4.78 is 0. The van der Waals surface area contributed by atoms with Crippen LogP contribution in [0.5, 0.6) is 0 Å². The quantitative estimate of drug-likeness (QED) is 0.376. The lowest BCUT2D eigenvalue weighted by atomic mass is 10.2. The first-order chi connectivity index (χ1) is 5.09. The molecule has 0 saturated heterocycles. The van der Waals surface area contributed by atoms with Crippen molar-refractivity contribution in [3.8, 4) is 0 Å². The van der Waals surface area contributed by atoms with E-state index in [2.05, 4.69) is 0 Å². The van der Waals surface area contributed by atoms with Crippen LogP contribution in [-0.2, 0) is 0 Å². The molecule has 0 bridgehead atoms. The zero-order chi connectivity index (χ0) is 8.43. The minimum absolute atomic E-state index is 0.0440. The molecule has 11 heavy (non-hydrogen) atoms. The Kier molecular flexibility index (Phi) is 1.76. The van der Waals surface area contributed by atoms with Crippen molar-refractivity contribution in [3.05, 3.63) is 33.9 Å². The molecule has 0 aliphatic heterocycles. The lowest BCUT2D eigenvalue weighted by Crippen LogP contribution is -1.91. The normalized spacial score (nSPS) is 9.55. The number of nitrogens with zero attached hydrogens (tertiary/aromatic N) is 1. The minimum Gasteiger partial charge on any atom is -0.399 e. The first-order valence-corrected chi connectivity index (χ1v) is 3.11. The molecule has 0 aromatic heterocycles. The van der Waals surface area contributed by atoms with Crippen molar-refractivity contribution in [2.75, 3.05) is 5.73 Å². The summed E-state index contributed by atoms with van der Waals surface area (Å²) in [6, 6.07) is 4.51. The van der Waals surface area contributed by atoms with Crippen LogP contribution in [0.3, 0.4) is 0 Å². The van der Waals surface area contributed by atoms with Gasteiger partial charge >= 0.3 is 0 Å². The van der Waals surface area contributed by atoms with Gasteiger partial charge in [0, 0.05) is 17.8 Å². The van der Waals surface area contributed by atoms with E-state index >= 15 is 0 Å². The SMILES string of the molecule is Cc1cc(N)cc([N+](=O)[O-])c1. The van der Waals surface area contributed by atoms with E-state index in [0.29, 0.717) is 5.69 Å². The lowest BCUT2D eigenvalue weighted by molar-refractivity contribution is -0.384. The monoisotopic (exact) mass is 152 g/mol. The average molecular weight is 152 g/mol. The fraction of sp³-hybridized carbons (Fsp3) is 0.143. The van der Waals surface area contributed by atoms with E-state index in [4.69, 9.17) is 5.73 Å². The highest BCUT2D eigenvalue weighted by atomic mass is 16.6. The molecule has 0 radical (unpaired) electrons. The Labute approximate surface area is 63.8 Å². The van der Waals surface area contributed by atoms with E-state index in [0.717, 1.165) is 5.56 Å². The van der Waals surface area contributed by atoms with Gasteiger partial charge < -0.3 is 5.73 Å². The maximum Gasteiger partial charge on any atom is 0.271 e. The van der Waals surface area contributed by atoms with Gasteiger partial charge in [0.05, 0.1) is 4.92 Å². The summed E-state index contributed by atoms with van der Waals surface area (Å²) in [7, 11) is 0. The molecule has 0 amide bonds. The Morgan fingerprint density at radius 1 is 1.45 bits per heavy atom. The van der Waals surface area contributed by atoms with Crippen molar-refractivity contribution in [1.82, 2.24) is 0 Å².